The fourth-order valence-electron chi connectivity index (χ4n) is 1.48. The molecule has 0 saturated carbocycles. The minimum atomic E-state index is -4.51. The highest BCUT2D eigenvalue weighted by molar-refractivity contribution is 8.26. The Morgan fingerprint density at radius 3 is 2.58 bits per heavy atom. The van der Waals surface area contributed by atoms with E-state index in [2.05, 4.69) is 17.9 Å². The molecule has 100 valence electrons. The van der Waals surface area contributed by atoms with Crippen molar-refractivity contribution < 1.29 is 18.0 Å². The largest absolute Gasteiger partial charge is 0.417 e. The molecule has 1 N–H and O–H groups in total. The number of thiocarbonyl (C=S) groups is 1. The van der Waals surface area contributed by atoms with Crippen molar-refractivity contribution in [2.45, 2.75) is 11.1 Å². The first-order valence-corrected chi connectivity index (χ1v) is 6.59. The molecule has 0 spiro atoms. The molecule has 2 nitrogen and oxygen atoms in total. The van der Waals surface area contributed by atoms with Crippen molar-refractivity contribution in [3.8, 4) is 0 Å². The molecule has 1 heterocycles. The Morgan fingerprint density at radius 2 is 2.05 bits per heavy atom. The molecule has 1 fully saturated rings. The van der Waals surface area contributed by atoms with Crippen LogP contribution >= 0.6 is 36.6 Å². The maximum absolute atomic E-state index is 12.9. The van der Waals surface area contributed by atoms with E-state index in [1.165, 1.54) is 18.2 Å². The Kier molecular flexibility index (Phi) is 3.93. The van der Waals surface area contributed by atoms with Crippen LogP contribution in [-0.2, 0) is 11.0 Å². The summed E-state index contributed by atoms with van der Waals surface area (Å²) in [5, 5.41) is 2.35. The van der Waals surface area contributed by atoms with Crippen molar-refractivity contribution in [2.24, 2.45) is 0 Å². The Morgan fingerprint density at radius 1 is 1.37 bits per heavy atom. The normalized spacial score (nSPS) is 18.0. The van der Waals surface area contributed by atoms with Crippen molar-refractivity contribution in [2.75, 3.05) is 0 Å². The van der Waals surface area contributed by atoms with Gasteiger partial charge in [0.2, 0.25) is 0 Å². The lowest BCUT2D eigenvalue weighted by Crippen LogP contribution is -2.17. The van der Waals surface area contributed by atoms with Crippen LogP contribution in [0.15, 0.2) is 28.0 Å². The average Bonchev–Trinajstić information content (AvgIpc) is 2.58. The van der Waals surface area contributed by atoms with Crippen molar-refractivity contribution in [3.63, 3.8) is 0 Å². The van der Waals surface area contributed by atoms with Crippen LogP contribution in [0, 0.1) is 0 Å². The summed E-state index contributed by atoms with van der Waals surface area (Å²) in [5.41, 5.74) is -0.925. The van der Waals surface area contributed by atoms with E-state index >= 15 is 0 Å². The highest BCUT2D eigenvalue weighted by atomic mass is 32.2. The van der Waals surface area contributed by atoms with Gasteiger partial charge in [0.05, 0.1) is 10.5 Å². The van der Waals surface area contributed by atoms with E-state index in [9.17, 15) is 18.0 Å². The first-order valence-electron chi connectivity index (χ1n) is 4.92. The molecule has 19 heavy (non-hydrogen) atoms. The zero-order chi connectivity index (χ0) is 14.2. The molecule has 1 aromatic carbocycles. The molecule has 1 aliphatic heterocycles. The van der Waals surface area contributed by atoms with E-state index in [-0.39, 0.29) is 19.7 Å². The summed E-state index contributed by atoms with van der Waals surface area (Å²) < 4.78 is 38.9. The molecular weight excluding hydrogens is 315 g/mol. The molecule has 0 unspecified atom stereocenters. The molecule has 1 aromatic rings. The Bertz CT molecular complexity index is 595. The molecule has 0 atom stereocenters. The highest BCUT2D eigenvalue weighted by Gasteiger charge is 2.33. The second kappa shape index (κ2) is 5.18. The van der Waals surface area contributed by atoms with Crippen molar-refractivity contribution in [3.05, 3.63) is 34.2 Å². The van der Waals surface area contributed by atoms with Gasteiger partial charge in [-0.3, -0.25) is 4.79 Å². The number of benzene rings is 1. The number of carbonyl (C=O) groups is 1. The average molecular weight is 321 g/mol. The van der Waals surface area contributed by atoms with Gasteiger partial charge in [-0.2, -0.15) is 13.2 Å². The molecule has 1 aliphatic rings. The van der Waals surface area contributed by atoms with Gasteiger partial charge in [-0.15, -0.1) is 12.6 Å². The third-order valence-corrected chi connectivity index (χ3v) is 3.71. The second-order valence-corrected chi connectivity index (χ2v) is 5.86. The summed E-state index contributed by atoms with van der Waals surface area (Å²) in [7, 11) is 0. The molecule has 2 rings (SSSR count). The smallest absolute Gasteiger partial charge is 0.307 e. The number of alkyl halides is 3. The van der Waals surface area contributed by atoms with Crippen LogP contribution in [-0.4, -0.2) is 10.2 Å². The van der Waals surface area contributed by atoms with Crippen LogP contribution in [0.3, 0.4) is 0 Å². The number of nitrogens with one attached hydrogen (secondary N) is 1. The highest BCUT2D eigenvalue weighted by Crippen LogP contribution is 2.36. The number of halogens is 3. The minimum Gasteiger partial charge on any atom is -0.307 e. The van der Waals surface area contributed by atoms with E-state index in [4.69, 9.17) is 12.2 Å². The van der Waals surface area contributed by atoms with Gasteiger partial charge in [-0.25, -0.2) is 0 Å². The summed E-state index contributed by atoms with van der Waals surface area (Å²) >= 11 is 9.60. The van der Waals surface area contributed by atoms with Crippen LogP contribution in [0.1, 0.15) is 11.1 Å². The molecule has 0 radical (unpaired) electrons. The minimum absolute atomic E-state index is 0.0901. The Hall–Kier alpha value is -0.990. The first-order chi connectivity index (χ1) is 8.77. The Balaban J connectivity index is 2.49. The molecular formula is C11H6F3NOS3. The van der Waals surface area contributed by atoms with Gasteiger partial charge in [0.15, 0.2) is 0 Å². The lowest BCUT2D eigenvalue weighted by Gasteiger charge is -2.11. The molecule has 1 saturated heterocycles. The topological polar surface area (TPSA) is 29.1 Å². The molecule has 0 bridgehead atoms. The number of hydrogen-bond acceptors (Lipinski definition) is 4. The molecule has 0 aromatic heterocycles. The molecule has 8 heteroatoms. The molecule has 1 amide bonds. The second-order valence-electron chi connectivity index (χ2n) is 3.62. The summed E-state index contributed by atoms with van der Waals surface area (Å²) in [6.07, 6.45) is -3.33. The lowest BCUT2D eigenvalue weighted by molar-refractivity contribution is -0.137. The van der Waals surface area contributed by atoms with E-state index in [1.54, 1.807) is 0 Å². The summed E-state index contributed by atoms with van der Waals surface area (Å²) in [6, 6.07) is 3.62. The number of rotatable bonds is 1. The lowest BCUT2D eigenvalue weighted by atomic mass is 10.1. The fourth-order valence-corrected chi connectivity index (χ4v) is 2.72. The predicted molar refractivity (Wildman–Crippen MR) is 75.0 cm³/mol. The van der Waals surface area contributed by atoms with Gasteiger partial charge in [0.1, 0.15) is 4.32 Å². The third kappa shape index (κ3) is 3.31. The van der Waals surface area contributed by atoms with E-state index in [1.807, 2.05) is 0 Å². The summed E-state index contributed by atoms with van der Waals surface area (Å²) in [5.74, 6) is -0.488. The van der Waals surface area contributed by atoms with Gasteiger partial charge in [-0.05, 0) is 23.8 Å². The first kappa shape index (κ1) is 14.4. The zero-order valence-corrected chi connectivity index (χ0v) is 11.6. The van der Waals surface area contributed by atoms with Crippen LogP contribution in [0.4, 0.5) is 13.2 Å². The van der Waals surface area contributed by atoms with Gasteiger partial charge >= 0.3 is 6.18 Å². The van der Waals surface area contributed by atoms with Gasteiger partial charge < -0.3 is 5.32 Å². The predicted octanol–water partition coefficient (Wildman–Crippen LogP) is 3.48. The quantitative estimate of drug-likeness (QED) is 0.471. The van der Waals surface area contributed by atoms with Crippen LogP contribution < -0.4 is 5.32 Å². The van der Waals surface area contributed by atoms with Crippen LogP contribution in [0.2, 0.25) is 0 Å². The van der Waals surface area contributed by atoms with Crippen molar-refractivity contribution in [1.82, 2.24) is 5.32 Å². The maximum atomic E-state index is 12.9. The van der Waals surface area contributed by atoms with E-state index < -0.39 is 17.6 Å². The zero-order valence-electron chi connectivity index (χ0n) is 9.12. The van der Waals surface area contributed by atoms with Gasteiger partial charge in [-0.1, -0.05) is 30.0 Å². The molecule has 0 aliphatic carbocycles. The summed E-state index contributed by atoms with van der Waals surface area (Å²) in [4.78, 5) is 11.8. The van der Waals surface area contributed by atoms with Gasteiger partial charge in [0.25, 0.3) is 5.91 Å². The fraction of sp³-hybridized carbons (Fsp3) is 0.0909. The number of thiol groups is 1. The Labute approximate surface area is 121 Å². The number of hydrogen-bond donors (Lipinski definition) is 2. The SMILES string of the molecule is O=C1NC(=S)S/C1=C\c1ccc(S)cc1C(F)(F)F. The summed E-state index contributed by atoms with van der Waals surface area (Å²) in [6.45, 7) is 0. The third-order valence-electron chi connectivity index (χ3n) is 2.27. The van der Waals surface area contributed by atoms with Crippen molar-refractivity contribution >= 4 is 52.9 Å². The van der Waals surface area contributed by atoms with Gasteiger partial charge in [0, 0.05) is 4.90 Å². The van der Waals surface area contributed by atoms with Crippen LogP contribution in [0.5, 0.6) is 0 Å². The number of carbonyl (C=O) groups excluding carboxylic acids is 1. The standard InChI is InChI=1S/C11H6F3NOS3/c12-11(13,14)7-4-6(17)2-1-5(7)3-8-9(16)15-10(18)19-8/h1-4,17H,(H,15,16,18)/b8-3-. The number of amides is 1. The van der Waals surface area contributed by atoms with Crippen molar-refractivity contribution in [1.29, 1.82) is 0 Å². The van der Waals surface area contributed by atoms with Crippen LogP contribution in [0.25, 0.3) is 6.08 Å². The van der Waals surface area contributed by atoms with E-state index in [0.717, 1.165) is 17.8 Å². The maximum Gasteiger partial charge on any atom is 0.417 e. The van der Waals surface area contributed by atoms with E-state index in [0.29, 0.717) is 0 Å². The number of thioether (sulfide) groups is 1. The monoisotopic (exact) mass is 321 g/mol.